The van der Waals surface area contributed by atoms with Gasteiger partial charge < -0.3 is 14.8 Å². The van der Waals surface area contributed by atoms with Gasteiger partial charge >= 0.3 is 12.4 Å². The fraction of sp³-hybridized carbons (Fsp3) is 0.409. The summed E-state index contributed by atoms with van der Waals surface area (Å²) in [5.74, 6) is -0.882. The number of aliphatic hydroxyl groups is 1. The van der Waals surface area contributed by atoms with Gasteiger partial charge in [-0.1, -0.05) is 13.8 Å². The second-order valence-electron chi connectivity index (χ2n) is 8.52. The van der Waals surface area contributed by atoms with E-state index in [9.17, 15) is 35.8 Å². The Morgan fingerprint density at radius 3 is 2.24 bits per heavy atom. The Morgan fingerprint density at radius 1 is 1.00 bits per heavy atom. The summed E-state index contributed by atoms with van der Waals surface area (Å²) in [4.78, 5) is 6.35. The van der Waals surface area contributed by atoms with Crippen LogP contribution in [0.4, 0.5) is 30.7 Å². The molecule has 180 valence electrons. The van der Waals surface area contributed by atoms with Gasteiger partial charge in [0.25, 0.3) is 0 Å². The lowest BCUT2D eigenvalue weighted by atomic mass is 9.73. The van der Waals surface area contributed by atoms with E-state index < -0.39 is 47.6 Å². The molecule has 0 fully saturated rings. The first-order chi connectivity index (χ1) is 15.1. The third-order valence-electron chi connectivity index (χ3n) is 5.47. The number of alkyl halides is 6. The average molecular weight is 478 g/mol. The summed E-state index contributed by atoms with van der Waals surface area (Å²) >= 11 is 0. The Labute approximate surface area is 184 Å². The summed E-state index contributed by atoms with van der Waals surface area (Å²) in [6.07, 6.45) is -11.7. The van der Waals surface area contributed by atoms with Crippen LogP contribution < -0.4 is 4.74 Å². The molecule has 2 aromatic carbocycles. The minimum Gasteiger partial charge on any atom is -0.496 e. The summed E-state index contributed by atoms with van der Waals surface area (Å²) in [6.45, 7) is 2.80. The monoisotopic (exact) mass is 478 g/mol. The maximum absolute atomic E-state index is 14.0. The molecule has 3 aromatic rings. The first-order valence-electron chi connectivity index (χ1n) is 9.75. The Hall–Kier alpha value is -2.82. The standard InChI is InChI=1S/C22H21F7N2O2/c1-19(2,14-9-13(23)5-7-17(14)33-3)11-20(32,22(27,28)29)10-18-30-15-6-4-12(21(24,25)26)8-16(15)31-18/h4-9,32H,10-11H2,1-3H3,(H,30,31). The van der Waals surface area contributed by atoms with Crippen LogP contribution in [-0.2, 0) is 18.0 Å². The van der Waals surface area contributed by atoms with Gasteiger partial charge in [0.2, 0.25) is 0 Å². The Kier molecular flexibility index (Phi) is 6.16. The smallest absolute Gasteiger partial charge is 0.417 e. The molecule has 1 heterocycles. The number of aromatic nitrogens is 2. The number of nitrogens with zero attached hydrogens (tertiary/aromatic N) is 1. The van der Waals surface area contributed by atoms with E-state index in [1.807, 2.05) is 0 Å². The third-order valence-corrected chi connectivity index (χ3v) is 5.47. The number of aromatic amines is 1. The van der Waals surface area contributed by atoms with Crippen LogP contribution in [0.1, 0.15) is 37.2 Å². The number of fused-ring (bicyclic) bond motifs is 1. The van der Waals surface area contributed by atoms with E-state index in [-0.39, 0.29) is 28.2 Å². The van der Waals surface area contributed by atoms with Gasteiger partial charge in [0, 0.05) is 12.0 Å². The topological polar surface area (TPSA) is 58.1 Å². The zero-order valence-electron chi connectivity index (χ0n) is 17.8. The summed E-state index contributed by atoms with van der Waals surface area (Å²) in [5.41, 5.74) is -5.70. The van der Waals surface area contributed by atoms with Crippen molar-refractivity contribution in [3.8, 4) is 5.75 Å². The molecule has 0 saturated heterocycles. The predicted molar refractivity (Wildman–Crippen MR) is 106 cm³/mol. The average Bonchev–Trinajstić information content (AvgIpc) is 3.07. The van der Waals surface area contributed by atoms with Crippen molar-refractivity contribution >= 4 is 11.0 Å². The molecule has 3 rings (SSSR count). The molecule has 0 radical (unpaired) electrons. The minimum absolute atomic E-state index is 0.0218. The van der Waals surface area contributed by atoms with Crippen LogP contribution in [0, 0.1) is 5.82 Å². The molecule has 0 spiro atoms. The Bertz CT molecular complexity index is 1150. The van der Waals surface area contributed by atoms with Crippen molar-refractivity contribution in [1.82, 2.24) is 9.97 Å². The highest BCUT2D eigenvalue weighted by molar-refractivity contribution is 5.76. The van der Waals surface area contributed by atoms with Gasteiger partial charge in [-0.15, -0.1) is 0 Å². The second kappa shape index (κ2) is 8.19. The molecule has 2 N–H and O–H groups in total. The Balaban J connectivity index is 1.99. The van der Waals surface area contributed by atoms with Crippen LogP contribution in [-0.4, -0.2) is 34.0 Å². The molecule has 1 aromatic heterocycles. The van der Waals surface area contributed by atoms with Crippen molar-refractivity contribution < 1.29 is 40.6 Å². The van der Waals surface area contributed by atoms with E-state index in [1.165, 1.54) is 27.0 Å². The van der Waals surface area contributed by atoms with Crippen LogP contribution in [0.15, 0.2) is 36.4 Å². The van der Waals surface area contributed by atoms with Gasteiger partial charge in [0.1, 0.15) is 17.4 Å². The zero-order chi connectivity index (χ0) is 24.8. The van der Waals surface area contributed by atoms with Gasteiger partial charge in [-0.2, -0.15) is 26.3 Å². The molecule has 1 atom stereocenters. The summed E-state index contributed by atoms with van der Waals surface area (Å²) in [5, 5.41) is 10.7. The van der Waals surface area contributed by atoms with E-state index >= 15 is 0 Å². The van der Waals surface area contributed by atoms with Crippen LogP contribution in [0.5, 0.6) is 5.75 Å². The van der Waals surface area contributed by atoms with Gasteiger partial charge in [-0.25, -0.2) is 9.37 Å². The molecule has 0 amide bonds. The number of hydrogen-bond donors (Lipinski definition) is 2. The summed E-state index contributed by atoms with van der Waals surface area (Å²) in [7, 11) is 1.28. The number of rotatable bonds is 6. The lowest BCUT2D eigenvalue weighted by Crippen LogP contribution is -2.51. The molecule has 0 bridgehead atoms. The molecule has 0 aliphatic carbocycles. The highest BCUT2D eigenvalue weighted by Gasteiger charge is 2.56. The number of halogens is 7. The molecule has 0 aliphatic heterocycles. The van der Waals surface area contributed by atoms with Crippen molar-refractivity contribution in [1.29, 1.82) is 0 Å². The first kappa shape index (κ1) is 24.8. The number of benzene rings is 2. The number of H-pyrrole nitrogens is 1. The molecule has 0 aliphatic rings. The SMILES string of the molecule is COc1ccc(F)cc1C(C)(C)CC(O)(Cc1nc2ccc(C(F)(F)F)cc2[nH]1)C(F)(F)F. The highest BCUT2D eigenvalue weighted by Crippen LogP contribution is 2.45. The minimum atomic E-state index is -5.12. The fourth-order valence-corrected chi connectivity index (χ4v) is 3.90. The normalized spacial score (nSPS) is 15.0. The predicted octanol–water partition coefficient (Wildman–Crippen LogP) is 5.93. The van der Waals surface area contributed by atoms with Crippen molar-refractivity contribution in [3.63, 3.8) is 0 Å². The van der Waals surface area contributed by atoms with Gasteiger partial charge in [-0.05, 0) is 48.2 Å². The van der Waals surface area contributed by atoms with Gasteiger partial charge in [0.05, 0.1) is 23.7 Å². The molecule has 1 unspecified atom stereocenters. The van der Waals surface area contributed by atoms with E-state index in [0.29, 0.717) is 0 Å². The highest BCUT2D eigenvalue weighted by atomic mass is 19.4. The van der Waals surface area contributed by atoms with Crippen molar-refractivity contribution in [3.05, 3.63) is 59.2 Å². The van der Waals surface area contributed by atoms with E-state index in [1.54, 1.807) is 0 Å². The van der Waals surface area contributed by atoms with Crippen molar-refractivity contribution in [2.24, 2.45) is 0 Å². The van der Waals surface area contributed by atoms with Crippen molar-refractivity contribution in [2.75, 3.05) is 7.11 Å². The van der Waals surface area contributed by atoms with Gasteiger partial charge in [0.15, 0.2) is 5.60 Å². The van der Waals surface area contributed by atoms with Crippen LogP contribution >= 0.6 is 0 Å². The van der Waals surface area contributed by atoms with E-state index in [4.69, 9.17) is 4.74 Å². The summed E-state index contributed by atoms with van der Waals surface area (Å²) < 4.78 is 99.8. The number of nitrogens with one attached hydrogen (secondary N) is 1. The number of imidazole rings is 1. The molecule has 11 heteroatoms. The number of hydrogen-bond acceptors (Lipinski definition) is 3. The Morgan fingerprint density at radius 2 is 1.67 bits per heavy atom. The molecule has 33 heavy (non-hydrogen) atoms. The maximum atomic E-state index is 14.0. The number of ether oxygens (including phenoxy) is 1. The molecule has 0 saturated carbocycles. The van der Waals surface area contributed by atoms with E-state index in [2.05, 4.69) is 9.97 Å². The molecular formula is C22H21F7N2O2. The lowest BCUT2D eigenvalue weighted by molar-refractivity contribution is -0.266. The quantitative estimate of drug-likeness (QED) is 0.432. The lowest BCUT2D eigenvalue weighted by Gasteiger charge is -2.38. The molecular weight excluding hydrogens is 457 g/mol. The fourth-order valence-electron chi connectivity index (χ4n) is 3.90. The first-order valence-corrected chi connectivity index (χ1v) is 9.75. The third kappa shape index (κ3) is 5.07. The van der Waals surface area contributed by atoms with Crippen LogP contribution in [0.25, 0.3) is 11.0 Å². The van der Waals surface area contributed by atoms with Crippen LogP contribution in [0.3, 0.4) is 0 Å². The maximum Gasteiger partial charge on any atom is 0.417 e. The van der Waals surface area contributed by atoms with Gasteiger partial charge in [-0.3, -0.25) is 0 Å². The largest absolute Gasteiger partial charge is 0.496 e. The zero-order valence-corrected chi connectivity index (χ0v) is 17.8. The molecule has 4 nitrogen and oxygen atoms in total. The number of methoxy groups -OCH3 is 1. The summed E-state index contributed by atoms with van der Waals surface area (Å²) in [6, 6.07) is 5.94. The van der Waals surface area contributed by atoms with Crippen LogP contribution in [0.2, 0.25) is 0 Å². The van der Waals surface area contributed by atoms with Crippen molar-refractivity contribution in [2.45, 2.75) is 50.1 Å². The second-order valence-corrected chi connectivity index (χ2v) is 8.52. The van der Waals surface area contributed by atoms with E-state index in [0.717, 1.165) is 30.3 Å².